The fraction of sp³-hybridized carbons (Fsp3) is 0.923. The van der Waals surface area contributed by atoms with Crippen LogP contribution in [0, 0.1) is 0 Å². The van der Waals surface area contributed by atoms with Gasteiger partial charge in [0.05, 0.1) is 6.61 Å². The normalized spacial score (nSPS) is 23.4. The molecule has 0 amide bonds. The Balaban J connectivity index is 2.58. The molecule has 100 valence electrons. The predicted octanol–water partition coefficient (Wildman–Crippen LogP) is 2.55. The van der Waals surface area contributed by atoms with Crippen LogP contribution < -0.4 is 0 Å². The Morgan fingerprint density at radius 3 is 2.82 bits per heavy atom. The van der Waals surface area contributed by atoms with E-state index in [0.717, 1.165) is 31.7 Å². The van der Waals surface area contributed by atoms with Crippen LogP contribution >= 0.6 is 11.8 Å². The molecule has 1 rings (SSSR count). The van der Waals surface area contributed by atoms with Crippen LogP contribution in [0.4, 0.5) is 0 Å². The highest BCUT2D eigenvalue weighted by molar-refractivity contribution is 8.00. The number of nitrogens with zero attached hydrogens (tertiary/aromatic N) is 1. The number of esters is 1. The maximum absolute atomic E-state index is 12.0. The molecule has 2 atom stereocenters. The van der Waals surface area contributed by atoms with Crippen molar-refractivity contribution >= 4 is 17.7 Å². The third-order valence-corrected chi connectivity index (χ3v) is 4.56. The molecule has 1 heterocycles. The third-order valence-electron chi connectivity index (χ3n) is 3.19. The third kappa shape index (κ3) is 4.51. The zero-order valence-electron chi connectivity index (χ0n) is 11.3. The Kier molecular flexibility index (Phi) is 6.97. The molecule has 4 heteroatoms. The van der Waals surface area contributed by atoms with Crippen molar-refractivity contribution in [2.24, 2.45) is 0 Å². The number of hydrogen-bond acceptors (Lipinski definition) is 4. The second-order valence-corrected chi connectivity index (χ2v) is 5.86. The average molecular weight is 259 g/mol. The number of ether oxygens (including phenoxy) is 1. The SMILES string of the molecule is CCCC(C(=O)OCC)N1CCSC(CC)C1. The minimum Gasteiger partial charge on any atom is -0.465 e. The molecule has 0 spiro atoms. The minimum atomic E-state index is -0.0314. The van der Waals surface area contributed by atoms with Crippen LogP contribution in [0.3, 0.4) is 0 Å². The van der Waals surface area contributed by atoms with E-state index in [9.17, 15) is 4.79 Å². The largest absolute Gasteiger partial charge is 0.465 e. The Labute approximate surface area is 109 Å². The fourth-order valence-electron chi connectivity index (χ4n) is 2.23. The van der Waals surface area contributed by atoms with Crippen molar-refractivity contribution in [2.75, 3.05) is 25.4 Å². The molecule has 0 aromatic carbocycles. The van der Waals surface area contributed by atoms with Gasteiger partial charge in [0.2, 0.25) is 0 Å². The molecule has 0 aliphatic carbocycles. The second kappa shape index (κ2) is 7.98. The van der Waals surface area contributed by atoms with Gasteiger partial charge >= 0.3 is 5.97 Å². The molecule has 0 saturated carbocycles. The van der Waals surface area contributed by atoms with E-state index in [1.54, 1.807) is 0 Å². The molecular weight excluding hydrogens is 234 g/mol. The molecule has 0 bridgehead atoms. The van der Waals surface area contributed by atoms with E-state index in [1.807, 2.05) is 18.7 Å². The number of carbonyl (C=O) groups excluding carboxylic acids is 1. The van der Waals surface area contributed by atoms with E-state index in [0.29, 0.717) is 11.9 Å². The zero-order valence-corrected chi connectivity index (χ0v) is 12.1. The lowest BCUT2D eigenvalue weighted by molar-refractivity contribution is -0.149. The lowest BCUT2D eigenvalue weighted by atomic mass is 10.1. The Hall–Kier alpha value is -0.220. The molecule has 2 unspecified atom stereocenters. The van der Waals surface area contributed by atoms with Crippen molar-refractivity contribution in [1.29, 1.82) is 0 Å². The van der Waals surface area contributed by atoms with Gasteiger partial charge in [-0.05, 0) is 19.8 Å². The van der Waals surface area contributed by atoms with Crippen LogP contribution in [0.15, 0.2) is 0 Å². The van der Waals surface area contributed by atoms with E-state index < -0.39 is 0 Å². The topological polar surface area (TPSA) is 29.5 Å². The Bertz CT molecular complexity index is 235. The highest BCUT2D eigenvalue weighted by Crippen LogP contribution is 2.24. The number of hydrogen-bond donors (Lipinski definition) is 0. The van der Waals surface area contributed by atoms with Crippen LogP contribution in [-0.2, 0) is 9.53 Å². The summed E-state index contributed by atoms with van der Waals surface area (Å²) < 4.78 is 5.19. The molecule has 3 nitrogen and oxygen atoms in total. The molecular formula is C13H25NO2S. The van der Waals surface area contributed by atoms with E-state index in [2.05, 4.69) is 18.7 Å². The molecule has 0 radical (unpaired) electrons. The van der Waals surface area contributed by atoms with Gasteiger partial charge in [-0.25, -0.2) is 0 Å². The maximum atomic E-state index is 12.0. The molecule has 1 saturated heterocycles. The number of thioether (sulfide) groups is 1. The predicted molar refractivity (Wildman–Crippen MR) is 73.4 cm³/mol. The van der Waals surface area contributed by atoms with E-state index in [4.69, 9.17) is 4.74 Å². The van der Waals surface area contributed by atoms with Crippen molar-refractivity contribution in [3.8, 4) is 0 Å². The first-order chi connectivity index (χ1) is 8.22. The fourth-order valence-corrected chi connectivity index (χ4v) is 3.44. The summed E-state index contributed by atoms with van der Waals surface area (Å²) in [6.07, 6.45) is 3.13. The van der Waals surface area contributed by atoms with Crippen molar-refractivity contribution in [2.45, 2.75) is 51.3 Å². The Morgan fingerprint density at radius 2 is 2.24 bits per heavy atom. The summed E-state index contributed by atoms with van der Waals surface area (Å²) in [5.41, 5.74) is 0. The second-order valence-electron chi connectivity index (χ2n) is 4.45. The molecule has 1 aliphatic rings. The van der Waals surface area contributed by atoms with Crippen molar-refractivity contribution in [3.05, 3.63) is 0 Å². The van der Waals surface area contributed by atoms with Crippen LogP contribution in [0.25, 0.3) is 0 Å². The summed E-state index contributed by atoms with van der Waals surface area (Å²) in [5.74, 6) is 1.11. The summed E-state index contributed by atoms with van der Waals surface area (Å²) in [6, 6.07) is -0.0186. The van der Waals surface area contributed by atoms with Gasteiger partial charge in [0.1, 0.15) is 6.04 Å². The Morgan fingerprint density at radius 1 is 1.47 bits per heavy atom. The first kappa shape index (κ1) is 14.8. The van der Waals surface area contributed by atoms with Crippen LogP contribution in [0.1, 0.15) is 40.0 Å². The highest BCUT2D eigenvalue weighted by atomic mass is 32.2. The van der Waals surface area contributed by atoms with Crippen molar-refractivity contribution < 1.29 is 9.53 Å². The van der Waals surface area contributed by atoms with E-state index in [1.165, 1.54) is 6.42 Å². The molecule has 0 aromatic rings. The van der Waals surface area contributed by atoms with Crippen LogP contribution in [-0.4, -0.2) is 47.6 Å². The van der Waals surface area contributed by atoms with Gasteiger partial charge in [0, 0.05) is 24.1 Å². The molecule has 17 heavy (non-hydrogen) atoms. The smallest absolute Gasteiger partial charge is 0.323 e. The van der Waals surface area contributed by atoms with Gasteiger partial charge in [-0.15, -0.1) is 0 Å². The average Bonchev–Trinajstić information content (AvgIpc) is 2.36. The minimum absolute atomic E-state index is 0.0186. The van der Waals surface area contributed by atoms with Gasteiger partial charge in [-0.3, -0.25) is 9.69 Å². The molecule has 1 aliphatic heterocycles. The standard InChI is InChI=1S/C13H25NO2S/c1-4-7-12(13(15)16-6-3)14-8-9-17-11(5-2)10-14/h11-12H,4-10H2,1-3H3. The molecule has 0 N–H and O–H groups in total. The van der Waals surface area contributed by atoms with Gasteiger partial charge in [0.15, 0.2) is 0 Å². The van der Waals surface area contributed by atoms with Gasteiger partial charge in [-0.2, -0.15) is 11.8 Å². The summed E-state index contributed by atoms with van der Waals surface area (Å²) in [6.45, 7) is 8.76. The number of carbonyl (C=O) groups is 1. The summed E-state index contributed by atoms with van der Waals surface area (Å²) in [7, 11) is 0. The van der Waals surface area contributed by atoms with Crippen molar-refractivity contribution in [3.63, 3.8) is 0 Å². The first-order valence-electron chi connectivity index (χ1n) is 6.75. The summed E-state index contributed by atoms with van der Waals surface area (Å²) in [5, 5.41) is 0.678. The quantitative estimate of drug-likeness (QED) is 0.686. The van der Waals surface area contributed by atoms with Crippen molar-refractivity contribution in [1.82, 2.24) is 4.90 Å². The summed E-state index contributed by atoms with van der Waals surface area (Å²) >= 11 is 2.03. The lowest BCUT2D eigenvalue weighted by Gasteiger charge is -2.36. The van der Waals surface area contributed by atoms with Crippen LogP contribution in [0.5, 0.6) is 0 Å². The monoisotopic (exact) mass is 259 g/mol. The van der Waals surface area contributed by atoms with Crippen LogP contribution in [0.2, 0.25) is 0 Å². The molecule has 0 aromatic heterocycles. The first-order valence-corrected chi connectivity index (χ1v) is 7.80. The maximum Gasteiger partial charge on any atom is 0.323 e. The van der Waals surface area contributed by atoms with E-state index in [-0.39, 0.29) is 12.0 Å². The zero-order chi connectivity index (χ0) is 12.7. The van der Waals surface area contributed by atoms with Gasteiger partial charge in [0.25, 0.3) is 0 Å². The van der Waals surface area contributed by atoms with Gasteiger partial charge < -0.3 is 4.74 Å². The highest BCUT2D eigenvalue weighted by Gasteiger charge is 2.30. The number of rotatable bonds is 6. The summed E-state index contributed by atoms with van der Waals surface area (Å²) in [4.78, 5) is 14.3. The van der Waals surface area contributed by atoms with E-state index >= 15 is 0 Å². The molecule has 1 fully saturated rings. The lowest BCUT2D eigenvalue weighted by Crippen LogP contribution is -2.48. The van der Waals surface area contributed by atoms with Gasteiger partial charge in [-0.1, -0.05) is 20.3 Å².